The van der Waals surface area contributed by atoms with Crippen LogP contribution in [-0.2, 0) is 11.2 Å². The fourth-order valence-corrected chi connectivity index (χ4v) is 2.05. The minimum atomic E-state index is 0.0758. The maximum absolute atomic E-state index is 11.5. The van der Waals surface area contributed by atoms with Crippen LogP contribution in [0.5, 0.6) is 0 Å². The zero-order valence-corrected chi connectivity index (χ0v) is 11.9. The number of hydrogen-bond acceptors (Lipinski definition) is 3. The van der Waals surface area contributed by atoms with Crippen LogP contribution in [0.4, 0.5) is 0 Å². The van der Waals surface area contributed by atoms with E-state index in [1.165, 1.54) is 0 Å². The summed E-state index contributed by atoms with van der Waals surface area (Å²) in [7, 11) is 0. The van der Waals surface area contributed by atoms with Crippen molar-refractivity contribution in [3.63, 3.8) is 0 Å². The molecule has 1 aromatic heterocycles. The third kappa shape index (κ3) is 4.35. The summed E-state index contributed by atoms with van der Waals surface area (Å²) in [5, 5.41) is 2.91. The molecule has 0 bridgehead atoms. The van der Waals surface area contributed by atoms with E-state index in [0.29, 0.717) is 13.0 Å². The molecule has 1 heterocycles. The van der Waals surface area contributed by atoms with Crippen molar-refractivity contribution in [1.82, 2.24) is 15.3 Å². The first kappa shape index (κ1) is 14.5. The van der Waals surface area contributed by atoms with Crippen LogP contribution in [0.3, 0.4) is 0 Å². The van der Waals surface area contributed by atoms with Crippen LogP contribution in [-0.4, -0.2) is 28.5 Å². The first-order chi connectivity index (χ1) is 9.65. The Morgan fingerprint density at radius 2 is 2.25 bits per heavy atom. The zero-order valence-electron chi connectivity index (χ0n) is 11.9. The van der Waals surface area contributed by atoms with Gasteiger partial charge in [-0.25, -0.2) is 4.98 Å². The van der Waals surface area contributed by atoms with E-state index in [1.807, 2.05) is 31.2 Å². The number of aryl methyl sites for hydroxylation is 1. The SMILES string of the molecule is CC(N)CCC(=O)NCCCc1nc2ccccc2[nH]1. The average molecular weight is 274 g/mol. The molecule has 1 atom stereocenters. The van der Waals surface area contributed by atoms with Crippen molar-refractivity contribution in [2.75, 3.05) is 6.54 Å². The van der Waals surface area contributed by atoms with Gasteiger partial charge in [0, 0.05) is 25.4 Å². The molecule has 0 saturated carbocycles. The predicted molar refractivity (Wildman–Crippen MR) is 80.3 cm³/mol. The smallest absolute Gasteiger partial charge is 0.220 e. The first-order valence-electron chi connectivity index (χ1n) is 7.11. The molecule has 5 nitrogen and oxygen atoms in total. The van der Waals surface area contributed by atoms with Crippen LogP contribution < -0.4 is 11.1 Å². The molecule has 2 aromatic rings. The standard InChI is InChI=1S/C15H22N4O/c1-11(16)8-9-15(20)17-10-4-7-14-18-12-5-2-3-6-13(12)19-14/h2-3,5-6,11H,4,7-10,16H2,1H3,(H,17,20)(H,18,19). The van der Waals surface area contributed by atoms with Crippen molar-refractivity contribution in [1.29, 1.82) is 0 Å². The number of rotatable bonds is 7. The number of carbonyl (C=O) groups is 1. The third-order valence-electron chi connectivity index (χ3n) is 3.18. The van der Waals surface area contributed by atoms with E-state index in [1.54, 1.807) is 0 Å². The minimum Gasteiger partial charge on any atom is -0.356 e. The Labute approximate surface area is 119 Å². The molecular weight excluding hydrogens is 252 g/mol. The van der Waals surface area contributed by atoms with Gasteiger partial charge in [0.15, 0.2) is 0 Å². The summed E-state index contributed by atoms with van der Waals surface area (Å²) in [6.45, 7) is 2.59. The molecular formula is C15H22N4O. The van der Waals surface area contributed by atoms with E-state index < -0.39 is 0 Å². The number of amides is 1. The number of carbonyl (C=O) groups excluding carboxylic acids is 1. The highest BCUT2D eigenvalue weighted by Gasteiger charge is 2.04. The van der Waals surface area contributed by atoms with E-state index in [-0.39, 0.29) is 11.9 Å². The van der Waals surface area contributed by atoms with E-state index in [0.717, 1.165) is 36.1 Å². The van der Waals surface area contributed by atoms with E-state index in [9.17, 15) is 4.79 Å². The first-order valence-corrected chi connectivity index (χ1v) is 7.11. The lowest BCUT2D eigenvalue weighted by molar-refractivity contribution is -0.121. The van der Waals surface area contributed by atoms with Crippen molar-refractivity contribution in [2.24, 2.45) is 5.73 Å². The van der Waals surface area contributed by atoms with E-state index in [2.05, 4.69) is 15.3 Å². The lowest BCUT2D eigenvalue weighted by atomic mass is 10.2. The lowest BCUT2D eigenvalue weighted by Gasteiger charge is -2.06. The summed E-state index contributed by atoms with van der Waals surface area (Å²) in [6, 6.07) is 8.05. The van der Waals surface area contributed by atoms with Crippen molar-refractivity contribution < 1.29 is 4.79 Å². The van der Waals surface area contributed by atoms with Gasteiger partial charge in [0.25, 0.3) is 0 Å². The number of nitrogens with one attached hydrogen (secondary N) is 2. The molecule has 1 amide bonds. The number of hydrogen-bond donors (Lipinski definition) is 3. The fourth-order valence-electron chi connectivity index (χ4n) is 2.05. The number of aromatic nitrogens is 2. The second kappa shape index (κ2) is 7.05. The highest BCUT2D eigenvalue weighted by Crippen LogP contribution is 2.11. The second-order valence-corrected chi connectivity index (χ2v) is 5.17. The van der Waals surface area contributed by atoms with Gasteiger partial charge in [-0.05, 0) is 31.9 Å². The molecule has 0 saturated heterocycles. The van der Waals surface area contributed by atoms with Crippen LogP contribution in [0.2, 0.25) is 0 Å². The second-order valence-electron chi connectivity index (χ2n) is 5.17. The normalized spacial score (nSPS) is 12.5. The fraction of sp³-hybridized carbons (Fsp3) is 0.467. The summed E-state index contributed by atoms with van der Waals surface area (Å²) in [4.78, 5) is 19.3. The van der Waals surface area contributed by atoms with Crippen LogP contribution >= 0.6 is 0 Å². The van der Waals surface area contributed by atoms with E-state index >= 15 is 0 Å². The van der Waals surface area contributed by atoms with Gasteiger partial charge >= 0.3 is 0 Å². The number of aromatic amines is 1. The number of benzene rings is 1. The summed E-state index contributed by atoms with van der Waals surface area (Å²) >= 11 is 0. The Bertz CT molecular complexity index is 529. The summed E-state index contributed by atoms with van der Waals surface area (Å²) in [6.07, 6.45) is 2.95. The molecule has 1 unspecified atom stereocenters. The maximum atomic E-state index is 11.5. The highest BCUT2D eigenvalue weighted by atomic mass is 16.1. The molecule has 0 radical (unpaired) electrons. The van der Waals surface area contributed by atoms with Gasteiger partial charge < -0.3 is 16.0 Å². The molecule has 0 fully saturated rings. The van der Waals surface area contributed by atoms with Crippen LogP contribution in [0.15, 0.2) is 24.3 Å². The number of fused-ring (bicyclic) bond motifs is 1. The molecule has 0 aliphatic rings. The number of imidazole rings is 1. The van der Waals surface area contributed by atoms with Gasteiger partial charge in [0.2, 0.25) is 5.91 Å². The molecule has 4 N–H and O–H groups in total. The van der Waals surface area contributed by atoms with Gasteiger partial charge in [0.05, 0.1) is 11.0 Å². The van der Waals surface area contributed by atoms with Crippen molar-refractivity contribution in [2.45, 2.75) is 38.6 Å². The van der Waals surface area contributed by atoms with Gasteiger partial charge in [-0.3, -0.25) is 4.79 Å². The van der Waals surface area contributed by atoms with Gasteiger partial charge in [-0.1, -0.05) is 12.1 Å². The van der Waals surface area contributed by atoms with Gasteiger partial charge in [-0.15, -0.1) is 0 Å². The minimum absolute atomic E-state index is 0.0758. The Hall–Kier alpha value is -1.88. The Balaban J connectivity index is 1.69. The van der Waals surface area contributed by atoms with E-state index in [4.69, 9.17) is 5.73 Å². The van der Waals surface area contributed by atoms with Crippen LogP contribution in [0.1, 0.15) is 32.0 Å². The molecule has 0 spiro atoms. The Morgan fingerprint density at radius 3 is 3.00 bits per heavy atom. The molecule has 20 heavy (non-hydrogen) atoms. The van der Waals surface area contributed by atoms with Crippen LogP contribution in [0, 0.1) is 0 Å². The number of nitrogens with zero attached hydrogens (tertiary/aromatic N) is 1. The molecule has 0 aliphatic carbocycles. The topological polar surface area (TPSA) is 83.8 Å². The number of nitrogens with two attached hydrogens (primary N) is 1. The molecule has 108 valence electrons. The quantitative estimate of drug-likeness (QED) is 0.672. The van der Waals surface area contributed by atoms with Gasteiger partial charge in [-0.2, -0.15) is 0 Å². The summed E-state index contributed by atoms with van der Waals surface area (Å²) in [5.41, 5.74) is 7.66. The maximum Gasteiger partial charge on any atom is 0.220 e. The largest absolute Gasteiger partial charge is 0.356 e. The van der Waals surface area contributed by atoms with Gasteiger partial charge in [0.1, 0.15) is 5.82 Å². The van der Waals surface area contributed by atoms with Crippen molar-refractivity contribution in [3.05, 3.63) is 30.1 Å². The lowest BCUT2D eigenvalue weighted by Crippen LogP contribution is -2.26. The Kier molecular flexibility index (Phi) is 5.12. The highest BCUT2D eigenvalue weighted by molar-refractivity contribution is 5.76. The Morgan fingerprint density at radius 1 is 1.45 bits per heavy atom. The van der Waals surface area contributed by atoms with Crippen molar-refractivity contribution in [3.8, 4) is 0 Å². The number of para-hydroxylation sites is 2. The third-order valence-corrected chi connectivity index (χ3v) is 3.18. The van der Waals surface area contributed by atoms with Crippen molar-refractivity contribution >= 4 is 16.9 Å². The molecule has 0 aliphatic heterocycles. The van der Waals surface area contributed by atoms with Crippen LogP contribution in [0.25, 0.3) is 11.0 Å². The monoisotopic (exact) mass is 274 g/mol. The average Bonchev–Trinajstić information content (AvgIpc) is 2.84. The molecule has 2 rings (SSSR count). The summed E-state index contributed by atoms with van der Waals surface area (Å²) in [5.74, 6) is 1.04. The number of H-pyrrole nitrogens is 1. The zero-order chi connectivity index (χ0) is 14.4. The predicted octanol–water partition coefficient (Wildman–Crippen LogP) is 1.74. The molecule has 1 aromatic carbocycles. The summed E-state index contributed by atoms with van der Waals surface area (Å²) < 4.78 is 0. The molecule has 5 heteroatoms.